The monoisotopic (exact) mass is 220 g/mol. The van der Waals surface area contributed by atoms with Crippen molar-refractivity contribution in [1.82, 2.24) is 0 Å². The fraction of sp³-hybridized carbons (Fsp3) is 0.571. The quantitative estimate of drug-likeness (QED) is 0.845. The van der Waals surface area contributed by atoms with Gasteiger partial charge < -0.3 is 9.84 Å². The van der Waals surface area contributed by atoms with E-state index in [4.69, 9.17) is 4.74 Å². The van der Waals surface area contributed by atoms with Crippen LogP contribution in [-0.2, 0) is 16.8 Å². The topological polar surface area (TPSA) is 29.5 Å². The van der Waals surface area contributed by atoms with Crippen LogP contribution in [0.15, 0.2) is 24.3 Å². The van der Waals surface area contributed by atoms with Crippen LogP contribution >= 0.6 is 0 Å². The highest BCUT2D eigenvalue weighted by molar-refractivity contribution is 5.36. The molecule has 0 atom stereocenters. The van der Waals surface area contributed by atoms with Gasteiger partial charge in [-0.05, 0) is 37.8 Å². The van der Waals surface area contributed by atoms with Gasteiger partial charge in [0.05, 0.1) is 11.2 Å². The molecule has 0 heterocycles. The largest absolute Gasteiger partial charge is 0.385 e. The Balaban J connectivity index is 2.27. The molecule has 0 unspecified atom stereocenters. The molecule has 16 heavy (non-hydrogen) atoms. The molecule has 0 amide bonds. The van der Waals surface area contributed by atoms with Crippen molar-refractivity contribution in [3.8, 4) is 0 Å². The summed E-state index contributed by atoms with van der Waals surface area (Å²) in [6.07, 6.45) is 2.61. The summed E-state index contributed by atoms with van der Waals surface area (Å²) in [7, 11) is 1.73. The Kier molecular flexibility index (Phi) is 2.81. The second-order valence-electron chi connectivity index (χ2n) is 5.33. The van der Waals surface area contributed by atoms with Gasteiger partial charge in [0.25, 0.3) is 0 Å². The van der Waals surface area contributed by atoms with E-state index in [-0.39, 0.29) is 5.60 Å². The Morgan fingerprint density at radius 1 is 1.31 bits per heavy atom. The lowest BCUT2D eigenvalue weighted by Gasteiger charge is -2.25. The van der Waals surface area contributed by atoms with Crippen LogP contribution < -0.4 is 0 Å². The molecule has 0 saturated heterocycles. The molecule has 0 spiro atoms. The number of methoxy groups -OCH3 is 1. The van der Waals surface area contributed by atoms with Crippen molar-refractivity contribution in [2.24, 2.45) is 0 Å². The van der Waals surface area contributed by atoms with Crippen molar-refractivity contribution in [2.45, 2.75) is 44.3 Å². The Labute approximate surface area is 97.3 Å². The van der Waals surface area contributed by atoms with Crippen LogP contribution in [0.5, 0.6) is 0 Å². The smallest absolute Gasteiger partial charge is 0.0901 e. The molecule has 2 rings (SSSR count). The van der Waals surface area contributed by atoms with Crippen LogP contribution in [0.1, 0.15) is 37.8 Å². The van der Waals surface area contributed by atoms with Crippen LogP contribution in [0.25, 0.3) is 0 Å². The first-order valence-electron chi connectivity index (χ1n) is 5.83. The Morgan fingerprint density at radius 3 is 2.50 bits per heavy atom. The summed E-state index contributed by atoms with van der Waals surface area (Å²) in [5, 5.41) is 10.2. The fourth-order valence-electron chi connectivity index (χ4n) is 2.05. The second-order valence-corrected chi connectivity index (χ2v) is 5.33. The third-order valence-electron chi connectivity index (χ3n) is 3.41. The molecular formula is C14H20O2. The highest BCUT2D eigenvalue weighted by atomic mass is 16.5. The first kappa shape index (κ1) is 11.6. The molecule has 0 aromatic heterocycles. The summed E-state index contributed by atoms with van der Waals surface area (Å²) in [5.41, 5.74) is 1.55. The maximum absolute atomic E-state index is 10.2. The summed E-state index contributed by atoms with van der Waals surface area (Å²) in [6, 6.07) is 8.14. The fourth-order valence-corrected chi connectivity index (χ4v) is 2.05. The normalized spacial score (nSPS) is 18.5. The average Bonchev–Trinajstić information content (AvgIpc) is 2.98. The predicted octanol–water partition coefficient (Wildman–Crippen LogP) is 2.64. The SMILES string of the molecule is COC(C)(C)Cc1ccccc1C1(O)CC1. The van der Waals surface area contributed by atoms with E-state index in [2.05, 4.69) is 19.9 Å². The van der Waals surface area contributed by atoms with Crippen molar-refractivity contribution in [2.75, 3.05) is 7.11 Å². The predicted molar refractivity (Wildman–Crippen MR) is 64.4 cm³/mol. The van der Waals surface area contributed by atoms with Gasteiger partial charge in [-0.2, -0.15) is 0 Å². The number of ether oxygens (including phenoxy) is 1. The van der Waals surface area contributed by atoms with Crippen LogP contribution in [0.3, 0.4) is 0 Å². The number of hydrogen-bond acceptors (Lipinski definition) is 2. The molecule has 1 fully saturated rings. The Bertz CT molecular complexity index is 378. The van der Waals surface area contributed by atoms with Gasteiger partial charge in [-0.15, -0.1) is 0 Å². The molecule has 88 valence electrons. The van der Waals surface area contributed by atoms with E-state index in [1.807, 2.05) is 18.2 Å². The molecule has 1 aliphatic carbocycles. The van der Waals surface area contributed by atoms with Crippen LogP contribution in [-0.4, -0.2) is 17.8 Å². The molecule has 1 aromatic rings. The minimum atomic E-state index is -0.555. The van der Waals surface area contributed by atoms with Gasteiger partial charge in [0, 0.05) is 13.5 Å². The molecule has 0 aliphatic heterocycles. The molecule has 0 bridgehead atoms. The summed E-state index contributed by atoms with van der Waals surface area (Å²) in [6.45, 7) is 4.14. The minimum Gasteiger partial charge on any atom is -0.385 e. The molecule has 2 heteroatoms. The molecule has 1 N–H and O–H groups in total. The zero-order valence-electron chi connectivity index (χ0n) is 10.3. The van der Waals surface area contributed by atoms with E-state index in [1.165, 1.54) is 5.56 Å². The van der Waals surface area contributed by atoms with Gasteiger partial charge in [-0.1, -0.05) is 24.3 Å². The summed E-state index contributed by atoms with van der Waals surface area (Å²) >= 11 is 0. The Hall–Kier alpha value is -0.860. The van der Waals surface area contributed by atoms with Crippen LogP contribution in [0.2, 0.25) is 0 Å². The molecule has 1 aromatic carbocycles. The van der Waals surface area contributed by atoms with E-state index in [0.29, 0.717) is 0 Å². The molecule has 1 aliphatic rings. The van der Waals surface area contributed by atoms with Crippen LogP contribution in [0, 0.1) is 0 Å². The van der Waals surface area contributed by atoms with E-state index < -0.39 is 5.60 Å². The van der Waals surface area contributed by atoms with Gasteiger partial charge in [-0.25, -0.2) is 0 Å². The molecular weight excluding hydrogens is 200 g/mol. The summed E-state index contributed by atoms with van der Waals surface area (Å²) < 4.78 is 5.45. The van der Waals surface area contributed by atoms with E-state index in [0.717, 1.165) is 24.8 Å². The van der Waals surface area contributed by atoms with Gasteiger partial charge in [0.2, 0.25) is 0 Å². The molecule has 1 saturated carbocycles. The Morgan fingerprint density at radius 2 is 1.94 bits per heavy atom. The van der Waals surface area contributed by atoms with Gasteiger partial charge in [0.1, 0.15) is 0 Å². The van der Waals surface area contributed by atoms with Crippen LogP contribution in [0.4, 0.5) is 0 Å². The number of benzene rings is 1. The lowest BCUT2D eigenvalue weighted by atomic mass is 9.91. The average molecular weight is 220 g/mol. The number of hydrogen-bond donors (Lipinski definition) is 1. The van der Waals surface area contributed by atoms with Gasteiger partial charge in [-0.3, -0.25) is 0 Å². The zero-order valence-corrected chi connectivity index (χ0v) is 10.3. The highest BCUT2D eigenvalue weighted by Gasteiger charge is 2.43. The number of aliphatic hydroxyl groups is 1. The van der Waals surface area contributed by atoms with Crippen molar-refractivity contribution < 1.29 is 9.84 Å². The zero-order chi connectivity index (χ0) is 11.8. The minimum absolute atomic E-state index is 0.179. The van der Waals surface area contributed by atoms with Gasteiger partial charge >= 0.3 is 0 Å². The van der Waals surface area contributed by atoms with E-state index >= 15 is 0 Å². The first-order chi connectivity index (χ1) is 7.47. The lowest BCUT2D eigenvalue weighted by Crippen LogP contribution is -2.27. The van der Waals surface area contributed by atoms with Crippen molar-refractivity contribution in [1.29, 1.82) is 0 Å². The van der Waals surface area contributed by atoms with Crippen molar-refractivity contribution in [3.05, 3.63) is 35.4 Å². The van der Waals surface area contributed by atoms with Gasteiger partial charge in [0.15, 0.2) is 0 Å². The number of rotatable bonds is 4. The molecule has 2 nitrogen and oxygen atoms in total. The van der Waals surface area contributed by atoms with Crippen molar-refractivity contribution >= 4 is 0 Å². The standard InChI is InChI=1S/C14H20O2/c1-13(2,16-3)10-11-6-4-5-7-12(11)14(15)8-9-14/h4-7,15H,8-10H2,1-3H3. The van der Waals surface area contributed by atoms with E-state index in [1.54, 1.807) is 7.11 Å². The molecule has 0 radical (unpaired) electrons. The first-order valence-corrected chi connectivity index (χ1v) is 5.83. The second kappa shape index (κ2) is 3.86. The maximum atomic E-state index is 10.2. The van der Waals surface area contributed by atoms with Crippen molar-refractivity contribution in [3.63, 3.8) is 0 Å². The maximum Gasteiger partial charge on any atom is 0.0901 e. The summed E-state index contributed by atoms with van der Waals surface area (Å²) in [4.78, 5) is 0. The van der Waals surface area contributed by atoms with E-state index in [9.17, 15) is 5.11 Å². The lowest BCUT2D eigenvalue weighted by molar-refractivity contribution is 0.0224. The third kappa shape index (κ3) is 2.28. The summed E-state index contributed by atoms with van der Waals surface area (Å²) in [5.74, 6) is 0. The third-order valence-corrected chi connectivity index (χ3v) is 3.41. The highest BCUT2D eigenvalue weighted by Crippen LogP contribution is 2.46.